The van der Waals surface area contributed by atoms with E-state index in [2.05, 4.69) is 19.9 Å². The first-order valence-electron chi connectivity index (χ1n) is 9.23. The molecule has 0 amide bonds. The van der Waals surface area contributed by atoms with E-state index in [0.29, 0.717) is 29.8 Å². The van der Waals surface area contributed by atoms with Crippen LogP contribution in [0.1, 0.15) is 30.1 Å². The molecule has 4 aromatic heterocycles. The highest BCUT2D eigenvalue weighted by atomic mass is 35.5. The Labute approximate surface area is 165 Å². The fraction of sp³-hybridized carbons (Fsp3) is 0.300. The molecule has 7 nitrogen and oxygen atoms in total. The quantitative estimate of drug-likeness (QED) is 0.504. The van der Waals surface area contributed by atoms with Gasteiger partial charge in [0.25, 0.3) is 5.56 Å². The molecule has 2 N–H and O–H groups in total. The van der Waals surface area contributed by atoms with Gasteiger partial charge in [-0.3, -0.25) is 9.78 Å². The number of ether oxygens (including phenoxy) is 1. The lowest BCUT2D eigenvalue weighted by molar-refractivity contribution is 0.0848. The highest BCUT2D eigenvalue weighted by Crippen LogP contribution is 2.33. The summed E-state index contributed by atoms with van der Waals surface area (Å²) in [5.41, 5.74) is 4.26. The number of rotatable bonds is 2. The summed E-state index contributed by atoms with van der Waals surface area (Å²) >= 11 is 6.26. The van der Waals surface area contributed by atoms with Crippen LogP contribution in [0.2, 0.25) is 5.15 Å². The summed E-state index contributed by atoms with van der Waals surface area (Å²) in [6.45, 7) is 3.32. The second-order valence-electron chi connectivity index (χ2n) is 7.07. The van der Waals surface area contributed by atoms with Gasteiger partial charge in [0.2, 0.25) is 0 Å². The molecule has 0 radical (unpaired) electrons. The number of nitrogens with one attached hydrogen (secondary N) is 2. The van der Waals surface area contributed by atoms with Gasteiger partial charge >= 0.3 is 0 Å². The Morgan fingerprint density at radius 3 is 2.79 bits per heavy atom. The van der Waals surface area contributed by atoms with E-state index >= 15 is 0 Å². The Balaban J connectivity index is 1.70. The molecule has 0 unspecified atom stereocenters. The summed E-state index contributed by atoms with van der Waals surface area (Å²) in [5.74, 6) is 0.742. The number of imidazole rings is 1. The lowest BCUT2D eigenvalue weighted by Gasteiger charge is -2.21. The van der Waals surface area contributed by atoms with Crippen LogP contribution in [0, 0.1) is 6.92 Å². The molecule has 28 heavy (non-hydrogen) atoms. The number of H-pyrrole nitrogens is 2. The van der Waals surface area contributed by atoms with Crippen molar-refractivity contribution in [3.63, 3.8) is 0 Å². The van der Waals surface area contributed by atoms with Crippen LogP contribution >= 0.6 is 11.6 Å². The molecule has 0 bridgehead atoms. The first-order chi connectivity index (χ1) is 13.6. The number of hydrogen-bond donors (Lipinski definition) is 2. The fourth-order valence-corrected chi connectivity index (χ4v) is 4.03. The largest absolute Gasteiger partial charge is 0.381 e. The first kappa shape index (κ1) is 17.3. The highest BCUT2D eigenvalue weighted by molar-refractivity contribution is 6.30. The maximum absolute atomic E-state index is 12.7. The smallest absolute Gasteiger partial charge is 0.259 e. The standard InChI is InChI=1S/C20H18ClN5O2/c1-10-12-8-13(20(27)24-14(12)2-5-22-10)19-23-15-9-16(21)25-17(18(15)26-19)11-3-6-28-7-4-11/h2,5,8-9,11H,3-4,6-7H2,1H3,(H,23,26)(H,24,27). The predicted molar refractivity (Wildman–Crippen MR) is 108 cm³/mol. The van der Waals surface area contributed by atoms with Crippen molar-refractivity contribution in [2.45, 2.75) is 25.7 Å². The van der Waals surface area contributed by atoms with Crippen LogP contribution in [0.4, 0.5) is 0 Å². The summed E-state index contributed by atoms with van der Waals surface area (Å²) in [6.07, 6.45) is 3.44. The third-order valence-corrected chi connectivity index (χ3v) is 5.49. The van der Waals surface area contributed by atoms with Crippen LogP contribution in [-0.4, -0.2) is 38.1 Å². The molecule has 5 heterocycles. The number of fused-ring (bicyclic) bond motifs is 2. The van der Waals surface area contributed by atoms with Crippen molar-refractivity contribution in [3.05, 3.63) is 51.3 Å². The monoisotopic (exact) mass is 395 g/mol. The zero-order valence-corrected chi connectivity index (χ0v) is 16.0. The summed E-state index contributed by atoms with van der Waals surface area (Å²) in [7, 11) is 0. The van der Waals surface area contributed by atoms with Crippen LogP contribution < -0.4 is 5.56 Å². The molecule has 1 saturated heterocycles. The molecule has 0 saturated carbocycles. The molecule has 142 valence electrons. The second kappa shape index (κ2) is 6.68. The fourth-order valence-electron chi connectivity index (χ4n) is 3.83. The molecule has 0 spiro atoms. The normalized spacial score (nSPS) is 15.5. The van der Waals surface area contributed by atoms with Crippen LogP contribution in [-0.2, 0) is 4.74 Å². The Kier molecular flexibility index (Phi) is 4.14. The number of aromatic nitrogens is 5. The highest BCUT2D eigenvalue weighted by Gasteiger charge is 2.23. The number of hydrogen-bond acceptors (Lipinski definition) is 5. The van der Waals surface area contributed by atoms with E-state index in [1.54, 1.807) is 18.3 Å². The molecule has 1 aliphatic rings. The topological polar surface area (TPSA) is 96.6 Å². The molecule has 0 aliphatic carbocycles. The number of aryl methyl sites for hydroxylation is 1. The van der Waals surface area contributed by atoms with Gasteiger partial charge < -0.3 is 14.7 Å². The number of nitrogens with zero attached hydrogens (tertiary/aromatic N) is 3. The molecule has 0 aromatic carbocycles. The average Bonchev–Trinajstić information content (AvgIpc) is 3.11. The Morgan fingerprint density at radius 2 is 1.96 bits per heavy atom. The van der Waals surface area contributed by atoms with E-state index in [1.165, 1.54) is 0 Å². The Morgan fingerprint density at radius 1 is 1.14 bits per heavy atom. The molecular formula is C20H18ClN5O2. The SMILES string of the molecule is Cc1nccc2[nH]c(=O)c(-c3nc4c(C5CCOCC5)nc(Cl)cc4[nH]3)cc12. The predicted octanol–water partition coefficient (Wildman–Crippen LogP) is 3.72. The van der Waals surface area contributed by atoms with Gasteiger partial charge in [-0.1, -0.05) is 11.6 Å². The minimum absolute atomic E-state index is 0.205. The molecule has 8 heteroatoms. The van der Waals surface area contributed by atoms with Gasteiger partial charge in [-0.25, -0.2) is 9.97 Å². The molecule has 1 aliphatic heterocycles. The van der Waals surface area contributed by atoms with Gasteiger partial charge in [-0.15, -0.1) is 0 Å². The van der Waals surface area contributed by atoms with Gasteiger partial charge in [0.1, 0.15) is 16.5 Å². The van der Waals surface area contributed by atoms with Gasteiger partial charge in [-0.05, 0) is 31.9 Å². The first-order valence-corrected chi connectivity index (χ1v) is 9.61. The number of halogens is 1. The minimum atomic E-state index is -0.205. The maximum atomic E-state index is 12.7. The summed E-state index contributed by atoms with van der Waals surface area (Å²) < 4.78 is 5.47. The summed E-state index contributed by atoms with van der Waals surface area (Å²) in [5, 5.41) is 1.30. The third-order valence-electron chi connectivity index (χ3n) is 5.30. The average molecular weight is 396 g/mol. The summed E-state index contributed by atoms with van der Waals surface area (Å²) in [4.78, 5) is 32.4. The van der Waals surface area contributed by atoms with E-state index in [4.69, 9.17) is 21.3 Å². The van der Waals surface area contributed by atoms with Crippen molar-refractivity contribution in [2.24, 2.45) is 0 Å². The van der Waals surface area contributed by atoms with Crippen molar-refractivity contribution in [1.29, 1.82) is 0 Å². The number of pyridine rings is 3. The van der Waals surface area contributed by atoms with E-state index < -0.39 is 0 Å². The Bertz CT molecular complexity index is 1260. The van der Waals surface area contributed by atoms with E-state index in [1.807, 2.05) is 13.0 Å². The van der Waals surface area contributed by atoms with Crippen molar-refractivity contribution in [2.75, 3.05) is 13.2 Å². The van der Waals surface area contributed by atoms with Gasteiger partial charge in [0.15, 0.2) is 0 Å². The van der Waals surface area contributed by atoms with Crippen molar-refractivity contribution >= 4 is 33.5 Å². The zero-order valence-electron chi connectivity index (χ0n) is 15.3. The zero-order chi connectivity index (χ0) is 19.3. The van der Waals surface area contributed by atoms with Crippen LogP contribution in [0.25, 0.3) is 33.3 Å². The third kappa shape index (κ3) is 2.87. The molecule has 0 atom stereocenters. The second-order valence-corrected chi connectivity index (χ2v) is 7.46. The van der Waals surface area contributed by atoms with Crippen LogP contribution in [0.15, 0.2) is 29.2 Å². The number of aromatic amines is 2. The van der Waals surface area contributed by atoms with Crippen molar-refractivity contribution in [3.8, 4) is 11.4 Å². The van der Waals surface area contributed by atoms with Crippen molar-refractivity contribution < 1.29 is 4.74 Å². The summed E-state index contributed by atoms with van der Waals surface area (Å²) in [6, 6.07) is 5.37. The van der Waals surface area contributed by atoms with Crippen LogP contribution in [0.3, 0.4) is 0 Å². The van der Waals surface area contributed by atoms with Gasteiger partial charge in [0.05, 0.1) is 22.3 Å². The Hall–Kier alpha value is -2.77. The minimum Gasteiger partial charge on any atom is -0.381 e. The lowest BCUT2D eigenvalue weighted by atomic mass is 9.95. The van der Waals surface area contributed by atoms with E-state index in [-0.39, 0.29) is 11.5 Å². The van der Waals surface area contributed by atoms with Gasteiger partial charge in [-0.2, -0.15) is 0 Å². The molecule has 5 rings (SSSR count). The molecule has 4 aromatic rings. The van der Waals surface area contributed by atoms with Crippen LogP contribution in [0.5, 0.6) is 0 Å². The van der Waals surface area contributed by atoms with E-state index in [0.717, 1.165) is 46.2 Å². The van der Waals surface area contributed by atoms with E-state index in [9.17, 15) is 4.79 Å². The van der Waals surface area contributed by atoms with Gasteiger partial charge in [0, 0.05) is 42.5 Å². The molecule has 1 fully saturated rings. The van der Waals surface area contributed by atoms with Crippen molar-refractivity contribution in [1.82, 2.24) is 24.9 Å². The molecular weight excluding hydrogens is 378 g/mol. The maximum Gasteiger partial charge on any atom is 0.259 e. The lowest BCUT2D eigenvalue weighted by Crippen LogP contribution is -2.15.